The summed E-state index contributed by atoms with van der Waals surface area (Å²) < 4.78 is 12.8. The number of carboxylic acid groups (broad SMARTS) is 1. The molecule has 0 heterocycles. The summed E-state index contributed by atoms with van der Waals surface area (Å²) in [7, 11) is 0. The first-order valence-electron chi connectivity index (χ1n) is 6.52. The van der Waals surface area contributed by atoms with Gasteiger partial charge in [0.05, 0.1) is 6.42 Å². The summed E-state index contributed by atoms with van der Waals surface area (Å²) in [5, 5.41) is 11.1. The fourth-order valence-electron chi connectivity index (χ4n) is 1.72. The molecule has 0 fully saturated rings. The third-order valence-corrected chi connectivity index (χ3v) is 2.68. The second-order valence-electron chi connectivity index (χ2n) is 4.42. The number of rotatable bonds is 7. The van der Waals surface area contributed by atoms with E-state index in [4.69, 9.17) is 5.11 Å². The van der Waals surface area contributed by atoms with Crippen LogP contribution in [0.1, 0.15) is 25.3 Å². The molecule has 1 aromatic rings. The molecule has 0 aliphatic rings. The molecule has 0 bridgehead atoms. The average molecular weight is 282 g/mol. The van der Waals surface area contributed by atoms with Gasteiger partial charge in [0.2, 0.25) is 0 Å². The molecule has 0 aromatic heterocycles. The van der Waals surface area contributed by atoms with Gasteiger partial charge in [-0.1, -0.05) is 19.1 Å². The topological polar surface area (TPSA) is 69.6 Å². The second kappa shape index (κ2) is 8.14. The van der Waals surface area contributed by atoms with Gasteiger partial charge in [0.15, 0.2) is 0 Å². The Labute approximate surface area is 117 Å². The van der Waals surface area contributed by atoms with Crippen molar-refractivity contribution in [2.75, 3.05) is 13.1 Å². The molecule has 0 radical (unpaired) electrons. The van der Waals surface area contributed by atoms with E-state index < -0.39 is 5.97 Å². The zero-order valence-electron chi connectivity index (χ0n) is 11.4. The van der Waals surface area contributed by atoms with Gasteiger partial charge in [-0.15, -0.1) is 0 Å². The summed E-state index contributed by atoms with van der Waals surface area (Å²) in [6.45, 7) is 2.96. The number of urea groups is 1. The van der Waals surface area contributed by atoms with Crippen LogP contribution in [0.5, 0.6) is 0 Å². The summed E-state index contributed by atoms with van der Waals surface area (Å²) >= 11 is 0. The SMILES string of the molecule is CCCN(Cc1ccc(F)cc1)C(=O)NCCC(=O)O. The third-order valence-electron chi connectivity index (χ3n) is 2.68. The largest absolute Gasteiger partial charge is 0.481 e. The predicted molar refractivity (Wildman–Crippen MR) is 72.8 cm³/mol. The van der Waals surface area contributed by atoms with E-state index in [1.54, 1.807) is 17.0 Å². The van der Waals surface area contributed by atoms with E-state index in [0.717, 1.165) is 12.0 Å². The minimum absolute atomic E-state index is 0.0950. The Kier molecular flexibility index (Phi) is 6.49. The molecule has 1 rings (SSSR count). The standard InChI is InChI=1S/C14H19FN2O3/c1-2-9-17(14(20)16-8-7-13(18)19)10-11-3-5-12(15)6-4-11/h3-6H,2,7-10H2,1H3,(H,16,20)(H,18,19). The Morgan fingerprint density at radius 1 is 1.30 bits per heavy atom. The number of hydrogen-bond acceptors (Lipinski definition) is 2. The highest BCUT2D eigenvalue weighted by Gasteiger charge is 2.13. The van der Waals surface area contributed by atoms with Gasteiger partial charge in [0, 0.05) is 19.6 Å². The lowest BCUT2D eigenvalue weighted by Crippen LogP contribution is -2.40. The van der Waals surface area contributed by atoms with Crippen LogP contribution >= 0.6 is 0 Å². The first kappa shape index (κ1) is 15.9. The van der Waals surface area contributed by atoms with Gasteiger partial charge in [-0.05, 0) is 24.1 Å². The maximum absolute atomic E-state index is 12.8. The molecule has 6 heteroatoms. The number of carboxylic acids is 1. The quantitative estimate of drug-likeness (QED) is 0.805. The minimum Gasteiger partial charge on any atom is -0.481 e. The Hall–Kier alpha value is -2.11. The molecule has 0 spiro atoms. The van der Waals surface area contributed by atoms with Gasteiger partial charge in [-0.25, -0.2) is 9.18 Å². The number of nitrogens with one attached hydrogen (secondary N) is 1. The summed E-state index contributed by atoms with van der Waals surface area (Å²) in [6.07, 6.45) is 0.676. The lowest BCUT2D eigenvalue weighted by atomic mass is 10.2. The van der Waals surface area contributed by atoms with Crippen molar-refractivity contribution in [3.63, 3.8) is 0 Å². The van der Waals surface area contributed by atoms with Crippen molar-refractivity contribution in [3.8, 4) is 0 Å². The highest BCUT2D eigenvalue weighted by molar-refractivity contribution is 5.75. The van der Waals surface area contributed by atoms with E-state index in [0.29, 0.717) is 13.1 Å². The zero-order valence-corrected chi connectivity index (χ0v) is 11.4. The summed E-state index contributed by atoms with van der Waals surface area (Å²) in [5.41, 5.74) is 0.827. The van der Waals surface area contributed by atoms with Gasteiger partial charge < -0.3 is 15.3 Å². The number of nitrogens with zero attached hydrogens (tertiary/aromatic N) is 1. The monoisotopic (exact) mass is 282 g/mol. The summed E-state index contributed by atoms with van der Waals surface area (Å²) in [5.74, 6) is -1.27. The van der Waals surface area contributed by atoms with E-state index in [9.17, 15) is 14.0 Å². The highest BCUT2D eigenvalue weighted by atomic mass is 19.1. The van der Waals surface area contributed by atoms with Gasteiger partial charge in [0.25, 0.3) is 0 Å². The minimum atomic E-state index is -0.953. The zero-order chi connectivity index (χ0) is 15.0. The van der Waals surface area contributed by atoms with Crippen LogP contribution in [0.15, 0.2) is 24.3 Å². The maximum Gasteiger partial charge on any atom is 0.317 e. The maximum atomic E-state index is 12.8. The van der Waals surface area contributed by atoms with Crippen LogP contribution in [0.25, 0.3) is 0 Å². The van der Waals surface area contributed by atoms with Crippen LogP contribution < -0.4 is 5.32 Å². The molecule has 110 valence electrons. The number of benzene rings is 1. The number of hydrogen-bond donors (Lipinski definition) is 2. The average Bonchev–Trinajstić information content (AvgIpc) is 2.40. The lowest BCUT2D eigenvalue weighted by Gasteiger charge is -2.22. The van der Waals surface area contributed by atoms with Gasteiger partial charge >= 0.3 is 12.0 Å². The Balaban J connectivity index is 2.56. The van der Waals surface area contributed by atoms with Gasteiger partial charge in [-0.3, -0.25) is 4.79 Å². The number of aliphatic carboxylic acids is 1. The number of carbonyl (C=O) groups is 2. The van der Waals surface area contributed by atoms with E-state index >= 15 is 0 Å². The molecule has 0 saturated carbocycles. The number of amides is 2. The lowest BCUT2D eigenvalue weighted by molar-refractivity contribution is -0.136. The summed E-state index contributed by atoms with van der Waals surface area (Å²) in [6, 6.07) is 5.65. The smallest absolute Gasteiger partial charge is 0.317 e. The molecule has 2 amide bonds. The van der Waals surface area contributed by atoms with Crippen LogP contribution in [-0.4, -0.2) is 35.1 Å². The summed E-state index contributed by atoms with van der Waals surface area (Å²) in [4.78, 5) is 23.9. The molecule has 1 aromatic carbocycles. The Morgan fingerprint density at radius 3 is 2.50 bits per heavy atom. The van der Waals surface area contributed by atoms with Crippen molar-refractivity contribution in [3.05, 3.63) is 35.6 Å². The van der Waals surface area contributed by atoms with Crippen LogP contribution in [-0.2, 0) is 11.3 Å². The van der Waals surface area contributed by atoms with Crippen LogP contribution in [0, 0.1) is 5.82 Å². The molecule has 20 heavy (non-hydrogen) atoms. The van der Waals surface area contributed by atoms with Gasteiger partial charge in [0.1, 0.15) is 5.82 Å². The highest BCUT2D eigenvalue weighted by Crippen LogP contribution is 2.07. The predicted octanol–water partition coefficient (Wildman–Crippen LogP) is 2.22. The molecule has 2 N–H and O–H groups in total. The van der Waals surface area contributed by atoms with E-state index in [1.807, 2.05) is 6.92 Å². The first-order chi connectivity index (χ1) is 9.52. The number of carbonyl (C=O) groups excluding carboxylic acids is 1. The van der Waals surface area contributed by atoms with Crippen molar-refractivity contribution < 1.29 is 19.1 Å². The Morgan fingerprint density at radius 2 is 1.95 bits per heavy atom. The molecule has 0 aliphatic carbocycles. The molecule has 0 atom stereocenters. The van der Waals surface area contributed by atoms with Crippen molar-refractivity contribution in [2.24, 2.45) is 0 Å². The third kappa shape index (κ3) is 5.69. The normalized spacial score (nSPS) is 10.1. The molecular weight excluding hydrogens is 263 g/mol. The first-order valence-corrected chi connectivity index (χ1v) is 6.52. The molecule has 5 nitrogen and oxygen atoms in total. The van der Waals surface area contributed by atoms with Crippen molar-refractivity contribution in [2.45, 2.75) is 26.3 Å². The van der Waals surface area contributed by atoms with E-state index in [-0.39, 0.29) is 24.8 Å². The van der Waals surface area contributed by atoms with E-state index in [2.05, 4.69) is 5.32 Å². The number of halogens is 1. The van der Waals surface area contributed by atoms with Crippen LogP contribution in [0.2, 0.25) is 0 Å². The molecule has 0 aliphatic heterocycles. The molecular formula is C14H19FN2O3. The second-order valence-corrected chi connectivity index (χ2v) is 4.42. The van der Waals surface area contributed by atoms with Crippen molar-refractivity contribution >= 4 is 12.0 Å². The fourth-order valence-corrected chi connectivity index (χ4v) is 1.72. The fraction of sp³-hybridized carbons (Fsp3) is 0.429. The Bertz CT molecular complexity index is 448. The van der Waals surface area contributed by atoms with Crippen LogP contribution in [0.4, 0.5) is 9.18 Å². The molecule has 0 unspecified atom stereocenters. The van der Waals surface area contributed by atoms with E-state index in [1.165, 1.54) is 12.1 Å². The van der Waals surface area contributed by atoms with Crippen molar-refractivity contribution in [1.82, 2.24) is 10.2 Å². The van der Waals surface area contributed by atoms with Crippen molar-refractivity contribution in [1.29, 1.82) is 0 Å². The molecule has 0 saturated heterocycles. The van der Waals surface area contributed by atoms with Gasteiger partial charge in [-0.2, -0.15) is 0 Å². The van der Waals surface area contributed by atoms with Crippen LogP contribution in [0.3, 0.4) is 0 Å².